The van der Waals surface area contributed by atoms with Crippen LogP contribution in [0.25, 0.3) is 0 Å². The summed E-state index contributed by atoms with van der Waals surface area (Å²) in [6.45, 7) is 1.27. The first-order valence-corrected chi connectivity index (χ1v) is 5.64. The van der Waals surface area contributed by atoms with Crippen LogP contribution in [0.4, 0.5) is 14.5 Å². The zero-order valence-corrected chi connectivity index (χ0v) is 9.78. The number of carbonyl (C=O) groups is 1. The van der Waals surface area contributed by atoms with Gasteiger partial charge in [-0.1, -0.05) is 0 Å². The van der Waals surface area contributed by atoms with Crippen LogP contribution in [0.15, 0.2) is 12.1 Å². The molecule has 1 aromatic carbocycles. The molecule has 2 rings (SSSR count). The topological polar surface area (TPSA) is 84.3 Å². The van der Waals surface area contributed by atoms with E-state index in [4.69, 9.17) is 0 Å². The van der Waals surface area contributed by atoms with Gasteiger partial charge >= 0.3 is 0 Å². The minimum Gasteiger partial charge on any atom is -0.348 e. The van der Waals surface area contributed by atoms with E-state index in [2.05, 4.69) is 10.6 Å². The van der Waals surface area contributed by atoms with E-state index < -0.39 is 33.7 Å². The summed E-state index contributed by atoms with van der Waals surface area (Å²) in [7, 11) is 0. The van der Waals surface area contributed by atoms with Crippen molar-refractivity contribution in [2.24, 2.45) is 0 Å². The number of nitro benzene ring substituents is 1. The molecule has 1 aliphatic heterocycles. The van der Waals surface area contributed by atoms with E-state index in [9.17, 15) is 23.7 Å². The van der Waals surface area contributed by atoms with Gasteiger partial charge in [0.1, 0.15) is 5.56 Å². The fourth-order valence-corrected chi connectivity index (χ4v) is 1.91. The number of rotatable bonds is 3. The van der Waals surface area contributed by atoms with Crippen molar-refractivity contribution in [2.45, 2.75) is 12.5 Å². The van der Waals surface area contributed by atoms with Crippen molar-refractivity contribution in [3.8, 4) is 0 Å². The molecule has 1 saturated heterocycles. The molecule has 19 heavy (non-hydrogen) atoms. The molecule has 1 amide bonds. The zero-order chi connectivity index (χ0) is 14.0. The maximum absolute atomic E-state index is 13.1. The molecule has 0 unspecified atom stereocenters. The number of amides is 1. The van der Waals surface area contributed by atoms with Gasteiger partial charge in [-0.25, -0.2) is 8.78 Å². The maximum atomic E-state index is 13.1. The Bertz CT molecular complexity index is 530. The molecule has 0 aromatic heterocycles. The van der Waals surface area contributed by atoms with E-state index in [1.165, 1.54) is 0 Å². The predicted molar refractivity (Wildman–Crippen MR) is 61.8 cm³/mol. The molecule has 1 heterocycles. The summed E-state index contributed by atoms with van der Waals surface area (Å²) in [5.74, 6) is -3.43. The highest BCUT2D eigenvalue weighted by Crippen LogP contribution is 2.22. The quantitative estimate of drug-likeness (QED) is 0.633. The molecule has 1 aliphatic rings. The highest BCUT2D eigenvalue weighted by molar-refractivity contribution is 5.98. The number of halogens is 2. The average molecular weight is 271 g/mol. The highest BCUT2D eigenvalue weighted by atomic mass is 19.2. The lowest BCUT2D eigenvalue weighted by molar-refractivity contribution is -0.385. The number of nitrogens with zero attached hydrogens (tertiary/aromatic N) is 1. The van der Waals surface area contributed by atoms with Gasteiger partial charge in [-0.3, -0.25) is 14.9 Å². The third kappa shape index (κ3) is 2.84. The number of hydrogen-bond acceptors (Lipinski definition) is 4. The first-order valence-electron chi connectivity index (χ1n) is 5.64. The average Bonchev–Trinajstić information content (AvgIpc) is 2.84. The van der Waals surface area contributed by atoms with E-state index >= 15 is 0 Å². The minimum absolute atomic E-state index is 0.166. The Morgan fingerprint density at radius 3 is 2.68 bits per heavy atom. The molecule has 1 aromatic rings. The van der Waals surface area contributed by atoms with Crippen molar-refractivity contribution in [1.29, 1.82) is 0 Å². The number of carbonyl (C=O) groups excluding carboxylic acids is 1. The summed E-state index contributed by atoms with van der Waals surface area (Å²) in [6, 6.07) is 0.794. The molecule has 6 nitrogen and oxygen atoms in total. The third-order valence-corrected chi connectivity index (χ3v) is 2.88. The Hall–Kier alpha value is -2.09. The van der Waals surface area contributed by atoms with Gasteiger partial charge in [0.2, 0.25) is 0 Å². The lowest BCUT2D eigenvalue weighted by atomic mass is 10.1. The smallest absolute Gasteiger partial charge is 0.285 e. The second-order valence-electron chi connectivity index (χ2n) is 4.20. The summed E-state index contributed by atoms with van der Waals surface area (Å²) < 4.78 is 26.1. The van der Waals surface area contributed by atoms with Crippen LogP contribution in [-0.2, 0) is 0 Å². The minimum atomic E-state index is -1.36. The van der Waals surface area contributed by atoms with Crippen LogP contribution in [0.2, 0.25) is 0 Å². The molecular formula is C11H11F2N3O3. The second kappa shape index (κ2) is 5.27. The SMILES string of the molecule is O=C(N[C@H]1CCNC1)c1cc(F)c(F)cc1[N+](=O)[O-]. The molecule has 1 atom stereocenters. The van der Waals surface area contributed by atoms with Crippen molar-refractivity contribution in [1.82, 2.24) is 10.6 Å². The molecule has 0 bridgehead atoms. The fourth-order valence-electron chi connectivity index (χ4n) is 1.91. The van der Waals surface area contributed by atoms with Crippen LogP contribution in [0.1, 0.15) is 16.8 Å². The van der Waals surface area contributed by atoms with Gasteiger partial charge in [-0.05, 0) is 19.0 Å². The Morgan fingerprint density at radius 1 is 1.42 bits per heavy atom. The predicted octanol–water partition coefficient (Wildman–Crippen LogP) is 0.965. The normalized spacial score (nSPS) is 18.3. The van der Waals surface area contributed by atoms with Crippen LogP contribution >= 0.6 is 0 Å². The highest BCUT2D eigenvalue weighted by Gasteiger charge is 2.26. The number of benzene rings is 1. The van der Waals surface area contributed by atoms with Gasteiger partial charge in [-0.15, -0.1) is 0 Å². The molecule has 0 saturated carbocycles. The van der Waals surface area contributed by atoms with Crippen LogP contribution in [0, 0.1) is 21.7 Å². The third-order valence-electron chi connectivity index (χ3n) is 2.88. The van der Waals surface area contributed by atoms with Crippen LogP contribution in [0.3, 0.4) is 0 Å². The molecule has 0 spiro atoms. The zero-order valence-electron chi connectivity index (χ0n) is 9.78. The molecule has 0 aliphatic carbocycles. The van der Waals surface area contributed by atoms with Gasteiger partial charge in [0.15, 0.2) is 11.6 Å². The molecule has 8 heteroatoms. The van der Waals surface area contributed by atoms with Gasteiger partial charge in [-0.2, -0.15) is 0 Å². The summed E-state index contributed by atoms with van der Waals surface area (Å²) in [5, 5.41) is 16.3. The van der Waals surface area contributed by atoms with Crippen molar-refractivity contribution in [3.63, 3.8) is 0 Å². The molecule has 0 radical (unpaired) electrons. The van der Waals surface area contributed by atoms with E-state index in [1.807, 2.05) is 0 Å². The Balaban J connectivity index is 2.28. The van der Waals surface area contributed by atoms with Gasteiger partial charge in [0.25, 0.3) is 11.6 Å². The van der Waals surface area contributed by atoms with E-state index in [0.29, 0.717) is 25.1 Å². The van der Waals surface area contributed by atoms with E-state index in [-0.39, 0.29) is 6.04 Å². The Kier molecular flexibility index (Phi) is 3.70. The Labute approximate surface area is 106 Å². The second-order valence-corrected chi connectivity index (χ2v) is 4.20. The number of nitro groups is 1. The Morgan fingerprint density at radius 2 is 2.11 bits per heavy atom. The summed E-state index contributed by atoms with van der Waals surface area (Å²) in [4.78, 5) is 21.7. The molecule has 2 N–H and O–H groups in total. The first kappa shape index (κ1) is 13.3. The van der Waals surface area contributed by atoms with Crippen molar-refractivity contribution >= 4 is 11.6 Å². The van der Waals surface area contributed by atoms with Crippen molar-refractivity contribution < 1.29 is 18.5 Å². The van der Waals surface area contributed by atoms with Crippen molar-refractivity contribution in [2.75, 3.05) is 13.1 Å². The first-order chi connectivity index (χ1) is 8.99. The molecule has 1 fully saturated rings. The number of nitrogens with one attached hydrogen (secondary N) is 2. The lowest BCUT2D eigenvalue weighted by Crippen LogP contribution is -2.36. The molecular weight excluding hydrogens is 260 g/mol. The van der Waals surface area contributed by atoms with Gasteiger partial charge in [0, 0.05) is 12.6 Å². The fraction of sp³-hybridized carbons (Fsp3) is 0.364. The van der Waals surface area contributed by atoms with Gasteiger partial charge < -0.3 is 10.6 Å². The van der Waals surface area contributed by atoms with Crippen LogP contribution in [0.5, 0.6) is 0 Å². The van der Waals surface area contributed by atoms with Gasteiger partial charge in [0.05, 0.1) is 11.0 Å². The standard InChI is InChI=1S/C11H11F2N3O3/c12-8-3-7(10(16(18)19)4-9(8)13)11(17)15-6-1-2-14-5-6/h3-4,6,14H,1-2,5H2,(H,15,17)/t6-/m0/s1. The van der Waals surface area contributed by atoms with E-state index in [1.54, 1.807) is 0 Å². The van der Waals surface area contributed by atoms with Crippen LogP contribution in [-0.4, -0.2) is 30.0 Å². The summed E-state index contributed by atoms with van der Waals surface area (Å²) >= 11 is 0. The maximum Gasteiger partial charge on any atom is 0.285 e. The summed E-state index contributed by atoms with van der Waals surface area (Å²) in [6.07, 6.45) is 0.684. The monoisotopic (exact) mass is 271 g/mol. The lowest BCUT2D eigenvalue weighted by Gasteiger charge is -2.11. The van der Waals surface area contributed by atoms with Crippen molar-refractivity contribution in [3.05, 3.63) is 39.4 Å². The molecule has 102 valence electrons. The van der Waals surface area contributed by atoms with E-state index in [0.717, 1.165) is 6.54 Å². The summed E-state index contributed by atoms with van der Waals surface area (Å²) in [5.41, 5.74) is -1.22. The largest absolute Gasteiger partial charge is 0.348 e. The van der Waals surface area contributed by atoms with Crippen LogP contribution < -0.4 is 10.6 Å². The number of hydrogen-bond donors (Lipinski definition) is 2.